The van der Waals surface area contributed by atoms with Crippen molar-refractivity contribution in [2.75, 3.05) is 6.54 Å². The zero-order chi connectivity index (χ0) is 16.2. The average molecular weight is 309 g/mol. The Morgan fingerprint density at radius 3 is 2.35 bits per heavy atom. The smallest absolute Gasteiger partial charge is 0.227 e. The largest absolute Gasteiger partial charge is 0.387 e. The van der Waals surface area contributed by atoms with Crippen LogP contribution in [0.15, 0.2) is 54.6 Å². The number of hydrogen-bond donors (Lipinski definition) is 2. The molecule has 2 atom stereocenters. The third kappa shape index (κ3) is 3.99. The van der Waals surface area contributed by atoms with Crippen LogP contribution in [0.1, 0.15) is 41.6 Å². The first-order valence-electron chi connectivity index (χ1n) is 8.22. The molecule has 2 unspecified atom stereocenters. The molecule has 0 heterocycles. The zero-order valence-electron chi connectivity index (χ0n) is 13.4. The Balaban J connectivity index is 1.62. The minimum atomic E-state index is -0.671. The summed E-state index contributed by atoms with van der Waals surface area (Å²) in [5.74, 6) is 0.361. The van der Waals surface area contributed by atoms with Crippen molar-refractivity contribution >= 4 is 5.91 Å². The van der Waals surface area contributed by atoms with Gasteiger partial charge in [-0.2, -0.15) is 0 Å². The maximum absolute atomic E-state index is 12.6. The molecule has 2 aromatic rings. The standard InChI is InChI=1S/C20H23NO2/c1-14-7-9-15(10-8-14)18(22)13-21-20(23)19(17-11-12-17)16-5-3-2-4-6-16/h2-10,17-19,22H,11-13H2,1H3,(H,21,23). The van der Waals surface area contributed by atoms with Gasteiger partial charge in [-0.1, -0.05) is 60.2 Å². The SMILES string of the molecule is Cc1ccc(C(O)CNC(=O)C(c2ccccc2)C2CC2)cc1. The van der Waals surface area contributed by atoms with Gasteiger partial charge in [0.25, 0.3) is 0 Å². The van der Waals surface area contributed by atoms with E-state index in [0.29, 0.717) is 5.92 Å². The van der Waals surface area contributed by atoms with Crippen LogP contribution in [0.5, 0.6) is 0 Å². The van der Waals surface area contributed by atoms with Gasteiger partial charge < -0.3 is 10.4 Å². The summed E-state index contributed by atoms with van der Waals surface area (Å²) in [7, 11) is 0. The molecule has 3 heteroatoms. The molecule has 1 saturated carbocycles. The molecule has 0 radical (unpaired) electrons. The highest BCUT2D eigenvalue weighted by Gasteiger charge is 2.37. The highest BCUT2D eigenvalue weighted by molar-refractivity contribution is 5.84. The number of aliphatic hydroxyl groups excluding tert-OH is 1. The van der Waals surface area contributed by atoms with E-state index >= 15 is 0 Å². The lowest BCUT2D eigenvalue weighted by Crippen LogP contribution is -2.33. The number of benzene rings is 2. The molecular weight excluding hydrogens is 286 g/mol. The van der Waals surface area contributed by atoms with E-state index < -0.39 is 6.10 Å². The Kier molecular flexibility index (Phi) is 4.77. The van der Waals surface area contributed by atoms with Gasteiger partial charge in [-0.05, 0) is 36.8 Å². The summed E-state index contributed by atoms with van der Waals surface area (Å²) in [6.45, 7) is 2.26. The third-order valence-corrected chi connectivity index (χ3v) is 4.47. The van der Waals surface area contributed by atoms with Crippen LogP contribution in [0.4, 0.5) is 0 Å². The summed E-state index contributed by atoms with van der Waals surface area (Å²) in [5.41, 5.74) is 3.05. The lowest BCUT2D eigenvalue weighted by Gasteiger charge is -2.18. The molecule has 1 aliphatic rings. The molecule has 0 aromatic heterocycles. The van der Waals surface area contributed by atoms with Crippen LogP contribution in [0.25, 0.3) is 0 Å². The van der Waals surface area contributed by atoms with Gasteiger partial charge in [0.1, 0.15) is 0 Å². The maximum atomic E-state index is 12.6. The second kappa shape index (κ2) is 6.97. The summed E-state index contributed by atoms with van der Waals surface area (Å²) < 4.78 is 0. The van der Waals surface area contributed by atoms with Crippen LogP contribution in [0, 0.1) is 12.8 Å². The summed E-state index contributed by atoms with van der Waals surface area (Å²) in [4.78, 5) is 12.6. The Morgan fingerprint density at radius 2 is 1.74 bits per heavy atom. The topological polar surface area (TPSA) is 49.3 Å². The van der Waals surface area contributed by atoms with Gasteiger partial charge in [0.05, 0.1) is 12.0 Å². The number of hydrogen-bond acceptors (Lipinski definition) is 2. The van der Waals surface area contributed by atoms with Gasteiger partial charge >= 0.3 is 0 Å². The molecule has 0 spiro atoms. The molecule has 2 N–H and O–H groups in total. The number of aliphatic hydroxyl groups is 1. The first-order valence-corrected chi connectivity index (χ1v) is 8.22. The highest BCUT2D eigenvalue weighted by atomic mass is 16.3. The highest BCUT2D eigenvalue weighted by Crippen LogP contribution is 2.42. The molecule has 1 amide bonds. The summed E-state index contributed by atoms with van der Waals surface area (Å²) >= 11 is 0. The van der Waals surface area contributed by atoms with Crippen molar-refractivity contribution < 1.29 is 9.90 Å². The normalized spacial score (nSPS) is 16.6. The molecule has 23 heavy (non-hydrogen) atoms. The van der Waals surface area contributed by atoms with Crippen molar-refractivity contribution in [3.8, 4) is 0 Å². The molecule has 2 aromatic carbocycles. The van der Waals surface area contributed by atoms with E-state index in [9.17, 15) is 9.90 Å². The van der Waals surface area contributed by atoms with E-state index in [2.05, 4.69) is 5.32 Å². The fourth-order valence-corrected chi connectivity index (χ4v) is 2.94. The number of carbonyl (C=O) groups excluding carboxylic acids is 1. The van der Waals surface area contributed by atoms with E-state index in [0.717, 1.165) is 29.5 Å². The van der Waals surface area contributed by atoms with Gasteiger partial charge in [0.15, 0.2) is 0 Å². The number of nitrogens with one attached hydrogen (secondary N) is 1. The molecule has 0 aliphatic heterocycles. The van der Waals surface area contributed by atoms with Crippen molar-refractivity contribution in [2.45, 2.75) is 31.8 Å². The Morgan fingerprint density at radius 1 is 1.09 bits per heavy atom. The maximum Gasteiger partial charge on any atom is 0.227 e. The first-order chi connectivity index (χ1) is 11.1. The first kappa shape index (κ1) is 15.8. The van der Waals surface area contributed by atoms with Gasteiger partial charge in [0, 0.05) is 6.54 Å². The van der Waals surface area contributed by atoms with Crippen LogP contribution in [0.3, 0.4) is 0 Å². The third-order valence-electron chi connectivity index (χ3n) is 4.47. The number of carbonyl (C=O) groups is 1. The van der Waals surface area contributed by atoms with E-state index in [4.69, 9.17) is 0 Å². The summed E-state index contributed by atoms with van der Waals surface area (Å²) in [6, 6.07) is 17.7. The molecule has 3 rings (SSSR count). The molecule has 120 valence electrons. The van der Waals surface area contributed by atoms with Gasteiger partial charge in [-0.25, -0.2) is 0 Å². The molecule has 0 bridgehead atoms. The molecule has 1 aliphatic carbocycles. The van der Waals surface area contributed by atoms with Crippen molar-refractivity contribution in [1.82, 2.24) is 5.32 Å². The van der Waals surface area contributed by atoms with Crippen LogP contribution in [0.2, 0.25) is 0 Å². The number of amides is 1. The van der Waals surface area contributed by atoms with Gasteiger partial charge in [-0.3, -0.25) is 4.79 Å². The fraction of sp³-hybridized carbons (Fsp3) is 0.350. The van der Waals surface area contributed by atoms with Crippen LogP contribution >= 0.6 is 0 Å². The quantitative estimate of drug-likeness (QED) is 0.860. The Hall–Kier alpha value is -2.13. The lowest BCUT2D eigenvalue weighted by atomic mass is 9.93. The minimum Gasteiger partial charge on any atom is -0.387 e. The molecule has 0 saturated heterocycles. The molecule has 3 nitrogen and oxygen atoms in total. The lowest BCUT2D eigenvalue weighted by molar-refractivity contribution is -0.123. The van der Waals surface area contributed by atoms with Crippen LogP contribution in [-0.2, 0) is 4.79 Å². The molecular formula is C20H23NO2. The van der Waals surface area contributed by atoms with Crippen molar-refractivity contribution in [1.29, 1.82) is 0 Å². The van der Waals surface area contributed by atoms with Gasteiger partial charge in [-0.15, -0.1) is 0 Å². The number of rotatable bonds is 6. The fourth-order valence-electron chi connectivity index (χ4n) is 2.94. The van der Waals surface area contributed by atoms with Crippen molar-refractivity contribution in [2.24, 2.45) is 5.92 Å². The predicted octanol–water partition coefficient (Wildman–Crippen LogP) is 3.34. The van der Waals surface area contributed by atoms with Crippen LogP contribution in [-0.4, -0.2) is 17.6 Å². The van der Waals surface area contributed by atoms with Gasteiger partial charge in [0.2, 0.25) is 5.91 Å². The monoisotopic (exact) mass is 309 g/mol. The van der Waals surface area contributed by atoms with E-state index in [1.54, 1.807) is 0 Å². The van der Waals surface area contributed by atoms with E-state index in [1.165, 1.54) is 0 Å². The number of aryl methyl sites for hydroxylation is 1. The average Bonchev–Trinajstić information content (AvgIpc) is 3.39. The predicted molar refractivity (Wildman–Crippen MR) is 91.1 cm³/mol. The Bertz CT molecular complexity index is 647. The molecule has 1 fully saturated rings. The van der Waals surface area contributed by atoms with Crippen molar-refractivity contribution in [3.63, 3.8) is 0 Å². The summed E-state index contributed by atoms with van der Waals surface area (Å²) in [6.07, 6.45) is 1.54. The van der Waals surface area contributed by atoms with E-state index in [-0.39, 0.29) is 18.4 Å². The minimum absolute atomic E-state index is 0.0184. The second-order valence-electron chi connectivity index (χ2n) is 6.40. The zero-order valence-corrected chi connectivity index (χ0v) is 13.4. The van der Waals surface area contributed by atoms with Crippen LogP contribution < -0.4 is 5.32 Å². The van der Waals surface area contributed by atoms with Crippen molar-refractivity contribution in [3.05, 3.63) is 71.3 Å². The Labute approximate surface area is 137 Å². The second-order valence-corrected chi connectivity index (χ2v) is 6.40. The summed E-state index contributed by atoms with van der Waals surface area (Å²) in [5, 5.41) is 13.2. The van der Waals surface area contributed by atoms with E-state index in [1.807, 2.05) is 61.5 Å².